The molecule has 0 aliphatic carbocycles. The molecule has 1 aliphatic heterocycles. The number of carbonyl (C=O) groups excluding carboxylic acids is 1. The zero-order valence-corrected chi connectivity index (χ0v) is 11.3. The van der Waals surface area contributed by atoms with Crippen molar-refractivity contribution in [1.29, 1.82) is 0 Å². The fourth-order valence-corrected chi connectivity index (χ4v) is 2.60. The number of rotatable bonds is 4. The maximum Gasteiger partial charge on any atom is 0.270 e. The Labute approximate surface area is 118 Å². The molecule has 4 heteroatoms. The van der Waals surface area contributed by atoms with Crippen molar-refractivity contribution in [2.45, 2.75) is 18.9 Å². The molecule has 2 heterocycles. The maximum absolute atomic E-state index is 12.4. The van der Waals surface area contributed by atoms with Gasteiger partial charge < -0.3 is 14.6 Å². The Morgan fingerprint density at radius 3 is 2.85 bits per heavy atom. The van der Waals surface area contributed by atoms with Gasteiger partial charge in [0.05, 0.1) is 6.04 Å². The molecular formula is C16H18N2O2. The van der Waals surface area contributed by atoms with Gasteiger partial charge in [-0.2, -0.15) is 0 Å². The van der Waals surface area contributed by atoms with Crippen molar-refractivity contribution in [2.24, 2.45) is 0 Å². The van der Waals surface area contributed by atoms with Crippen LogP contribution in [-0.4, -0.2) is 35.0 Å². The zero-order chi connectivity index (χ0) is 13.8. The number of aromatic amines is 1. The lowest BCUT2D eigenvalue weighted by molar-refractivity contribution is 0.0686. The topological polar surface area (TPSA) is 45.3 Å². The number of amides is 1. The Kier molecular flexibility index (Phi) is 3.72. The fourth-order valence-electron chi connectivity index (χ4n) is 2.60. The van der Waals surface area contributed by atoms with Gasteiger partial charge in [-0.15, -0.1) is 0 Å². The monoisotopic (exact) mass is 270 g/mol. The Morgan fingerprint density at radius 1 is 1.25 bits per heavy atom. The summed E-state index contributed by atoms with van der Waals surface area (Å²) in [5.41, 5.74) is 0.650. The quantitative estimate of drug-likeness (QED) is 0.928. The summed E-state index contributed by atoms with van der Waals surface area (Å²) in [7, 11) is 0. The van der Waals surface area contributed by atoms with Gasteiger partial charge in [0, 0.05) is 12.7 Å². The summed E-state index contributed by atoms with van der Waals surface area (Å²) in [5, 5.41) is 0. The zero-order valence-electron chi connectivity index (χ0n) is 11.3. The van der Waals surface area contributed by atoms with Gasteiger partial charge in [-0.05, 0) is 37.1 Å². The number of benzene rings is 1. The third-order valence-electron chi connectivity index (χ3n) is 3.65. The summed E-state index contributed by atoms with van der Waals surface area (Å²) >= 11 is 0. The Hall–Kier alpha value is -2.23. The minimum absolute atomic E-state index is 0.0640. The molecule has 0 bridgehead atoms. The van der Waals surface area contributed by atoms with Crippen LogP contribution in [0.5, 0.6) is 5.75 Å². The number of carbonyl (C=O) groups is 1. The molecule has 1 aromatic carbocycles. The number of ether oxygens (including phenoxy) is 1. The summed E-state index contributed by atoms with van der Waals surface area (Å²) in [4.78, 5) is 17.3. The molecule has 1 aliphatic rings. The van der Waals surface area contributed by atoms with E-state index in [2.05, 4.69) is 4.98 Å². The SMILES string of the molecule is O=C(c1ccc[nH]1)N1CCCC1COc1ccccc1. The van der Waals surface area contributed by atoms with Gasteiger partial charge in [-0.25, -0.2) is 0 Å². The van der Waals surface area contributed by atoms with E-state index in [4.69, 9.17) is 4.74 Å². The predicted molar refractivity (Wildman–Crippen MR) is 76.8 cm³/mol. The summed E-state index contributed by atoms with van der Waals surface area (Å²) in [5.74, 6) is 0.917. The van der Waals surface area contributed by atoms with Crippen molar-refractivity contribution in [3.63, 3.8) is 0 Å². The van der Waals surface area contributed by atoms with Crippen LogP contribution < -0.4 is 4.74 Å². The number of hydrogen-bond donors (Lipinski definition) is 1. The molecule has 1 unspecified atom stereocenters. The summed E-state index contributed by atoms with van der Waals surface area (Å²) in [6.45, 7) is 1.36. The van der Waals surface area contributed by atoms with Crippen LogP contribution in [0.4, 0.5) is 0 Å². The van der Waals surface area contributed by atoms with E-state index < -0.39 is 0 Å². The van der Waals surface area contributed by atoms with Crippen molar-refractivity contribution in [2.75, 3.05) is 13.2 Å². The van der Waals surface area contributed by atoms with Crippen molar-refractivity contribution >= 4 is 5.91 Å². The Bertz CT molecular complexity index is 551. The van der Waals surface area contributed by atoms with Crippen molar-refractivity contribution in [3.05, 3.63) is 54.4 Å². The molecule has 0 radical (unpaired) electrons. The molecule has 0 saturated carbocycles. The minimum Gasteiger partial charge on any atom is -0.491 e. The lowest BCUT2D eigenvalue weighted by Gasteiger charge is -2.24. The average Bonchev–Trinajstić information content (AvgIpc) is 3.17. The molecule has 4 nitrogen and oxygen atoms in total. The third-order valence-corrected chi connectivity index (χ3v) is 3.65. The summed E-state index contributed by atoms with van der Waals surface area (Å²) in [6.07, 6.45) is 3.81. The number of likely N-dealkylation sites (tertiary alicyclic amines) is 1. The highest BCUT2D eigenvalue weighted by Gasteiger charge is 2.30. The molecule has 20 heavy (non-hydrogen) atoms. The van der Waals surface area contributed by atoms with E-state index in [-0.39, 0.29) is 11.9 Å². The number of nitrogens with zero attached hydrogens (tertiary/aromatic N) is 1. The van der Waals surface area contributed by atoms with Crippen LogP contribution in [0.3, 0.4) is 0 Å². The van der Waals surface area contributed by atoms with Crippen molar-refractivity contribution < 1.29 is 9.53 Å². The molecule has 1 amide bonds. The smallest absolute Gasteiger partial charge is 0.270 e. The normalized spacial score (nSPS) is 18.2. The van der Waals surface area contributed by atoms with E-state index in [1.165, 1.54) is 0 Å². The molecule has 0 spiro atoms. The first-order valence-corrected chi connectivity index (χ1v) is 6.97. The standard InChI is InChI=1S/C16H18N2O2/c19-16(15-9-4-10-17-15)18-11-5-6-13(18)12-20-14-7-2-1-3-8-14/h1-4,7-10,13,17H,5-6,11-12H2. The lowest BCUT2D eigenvalue weighted by Crippen LogP contribution is -2.39. The van der Waals surface area contributed by atoms with Gasteiger partial charge in [-0.3, -0.25) is 4.79 Å². The van der Waals surface area contributed by atoms with E-state index in [0.29, 0.717) is 12.3 Å². The van der Waals surface area contributed by atoms with E-state index in [0.717, 1.165) is 25.1 Å². The van der Waals surface area contributed by atoms with Gasteiger partial charge in [0.25, 0.3) is 5.91 Å². The number of hydrogen-bond acceptors (Lipinski definition) is 2. The van der Waals surface area contributed by atoms with Gasteiger partial charge in [0.15, 0.2) is 0 Å². The molecule has 1 aromatic heterocycles. The number of para-hydroxylation sites is 1. The van der Waals surface area contributed by atoms with Crippen molar-refractivity contribution in [3.8, 4) is 5.75 Å². The molecule has 1 fully saturated rings. The van der Waals surface area contributed by atoms with Gasteiger partial charge in [0.1, 0.15) is 18.1 Å². The molecule has 1 N–H and O–H groups in total. The van der Waals surface area contributed by atoms with E-state index in [1.54, 1.807) is 6.20 Å². The molecular weight excluding hydrogens is 252 g/mol. The maximum atomic E-state index is 12.4. The first-order chi connectivity index (χ1) is 9.84. The largest absolute Gasteiger partial charge is 0.491 e. The molecule has 3 rings (SSSR count). The second-order valence-corrected chi connectivity index (χ2v) is 5.00. The highest BCUT2D eigenvalue weighted by molar-refractivity contribution is 5.92. The Morgan fingerprint density at radius 2 is 2.10 bits per heavy atom. The van der Waals surface area contributed by atoms with Crippen LogP contribution in [0.25, 0.3) is 0 Å². The fraction of sp³-hybridized carbons (Fsp3) is 0.312. The second-order valence-electron chi connectivity index (χ2n) is 5.00. The second kappa shape index (κ2) is 5.82. The minimum atomic E-state index is 0.0640. The van der Waals surface area contributed by atoms with Gasteiger partial charge in [0.2, 0.25) is 0 Å². The number of H-pyrrole nitrogens is 1. The van der Waals surface area contributed by atoms with E-state index in [1.807, 2.05) is 47.4 Å². The van der Waals surface area contributed by atoms with Crippen LogP contribution >= 0.6 is 0 Å². The summed E-state index contributed by atoms with van der Waals surface area (Å²) in [6, 6.07) is 13.6. The highest BCUT2D eigenvalue weighted by atomic mass is 16.5. The van der Waals surface area contributed by atoms with Crippen LogP contribution in [0.15, 0.2) is 48.7 Å². The first-order valence-electron chi connectivity index (χ1n) is 6.97. The summed E-state index contributed by atoms with van der Waals surface area (Å²) < 4.78 is 5.78. The number of nitrogens with one attached hydrogen (secondary N) is 1. The molecule has 1 saturated heterocycles. The van der Waals surface area contributed by atoms with Crippen LogP contribution in [0.1, 0.15) is 23.3 Å². The lowest BCUT2D eigenvalue weighted by atomic mass is 10.2. The molecule has 1 atom stereocenters. The van der Waals surface area contributed by atoms with E-state index in [9.17, 15) is 4.79 Å². The van der Waals surface area contributed by atoms with Crippen LogP contribution in [0, 0.1) is 0 Å². The third kappa shape index (κ3) is 2.69. The van der Waals surface area contributed by atoms with Crippen molar-refractivity contribution in [1.82, 2.24) is 9.88 Å². The van der Waals surface area contributed by atoms with Crippen LogP contribution in [-0.2, 0) is 0 Å². The molecule has 104 valence electrons. The highest BCUT2D eigenvalue weighted by Crippen LogP contribution is 2.21. The average molecular weight is 270 g/mol. The van der Waals surface area contributed by atoms with Crippen LogP contribution in [0.2, 0.25) is 0 Å². The number of aromatic nitrogens is 1. The van der Waals surface area contributed by atoms with Gasteiger partial charge in [-0.1, -0.05) is 18.2 Å². The van der Waals surface area contributed by atoms with E-state index >= 15 is 0 Å². The first kappa shape index (κ1) is 12.8. The Balaban J connectivity index is 1.63. The predicted octanol–water partition coefficient (Wildman–Crippen LogP) is 2.70. The van der Waals surface area contributed by atoms with Gasteiger partial charge >= 0.3 is 0 Å². The molecule has 2 aromatic rings.